The van der Waals surface area contributed by atoms with Crippen molar-refractivity contribution >= 4 is 0 Å². The molecule has 0 fully saturated rings. The molecule has 3 nitrogen and oxygen atoms in total. The summed E-state index contributed by atoms with van der Waals surface area (Å²) in [6.45, 7) is 0.0147. The predicted molar refractivity (Wildman–Crippen MR) is 56.0 cm³/mol. The third-order valence-corrected chi connectivity index (χ3v) is 2.47. The number of halogens is 4. The Kier molecular flexibility index (Phi) is 4.66. The highest BCUT2D eigenvalue weighted by Crippen LogP contribution is 2.36. The van der Waals surface area contributed by atoms with Crippen LogP contribution in [0.2, 0.25) is 0 Å². The van der Waals surface area contributed by atoms with Crippen LogP contribution in [0.1, 0.15) is 23.7 Å². The van der Waals surface area contributed by atoms with Crippen LogP contribution in [0, 0.1) is 5.82 Å². The largest absolute Gasteiger partial charge is 0.416 e. The molecule has 1 rings (SSSR count). The molecule has 0 amide bonds. The average molecular weight is 267 g/mol. The van der Waals surface area contributed by atoms with Crippen LogP contribution in [-0.4, -0.2) is 22.9 Å². The highest BCUT2D eigenvalue weighted by atomic mass is 19.4. The lowest BCUT2D eigenvalue weighted by Gasteiger charge is -2.21. The van der Waals surface area contributed by atoms with Gasteiger partial charge in [0.15, 0.2) is 0 Å². The molecule has 0 saturated heterocycles. The number of hydrogen-bond donors (Lipinski definition) is 3. The summed E-state index contributed by atoms with van der Waals surface area (Å²) >= 11 is 0. The van der Waals surface area contributed by atoms with Crippen molar-refractivity contribution in [3.63, 3.8) is 0 Å². The molecule has 0 saturated carbocycles. The van der Waals surface area contributed by atoms with E-state index in [1.165, 1.54) is 0 Å². The zero-order valence-corrected chi connectivity index (χ0v) is 9.28. The first-order valence-electron chi connectivity index (χ1n) is 5.20. The molecule has 0 radical (unpaired) electrons. The molecule has 0 aromatic heterocycles. The van der Waals surface area contributed by atoms with Crippen molar-refractivity contribution in [2.75, 3.05) is 6.54 Å². The van der Waals surface area contributed by atoms with Gasteiger partial charge in [0, 0.05) is 0 Å². The van der Waals surface area contributed by atoms with Gasteiger partial charge in [0.05, 0.1) is 11.7 Å². The van der Waals surface area contributed by atoms with E-state index in [0.29, 0.717) is 0 Å². The summed E-state index contributed by atoms with van der Waals surface area (Å²) in [5, 5.41) is 19.1. The summed E-state index contributed by atoms with van der Waals surface area (Å²) in [6.07, 6.45) is -8.05. The Morgan fingerprint density at radius 2 is 1.83 bits per heavy atom. The van der Waals surface area contributed by atoms with Crippen LogP contribution in [-0.2, 0) is 6.18 Å². The van der Waals surface area contributed by atoms with Crippen LogP contribution in [0.3, 0.4) is 0 Å². The Hall–Kier alpha value is -1.18. The van der Waals surface area contributed by atoms with Crippen LogP contribution in [0.5, 0.6) is 0 Å². The maximum absolute atomic E-state index is 12.8. The van der Waals surface area contributed by atoms with E-state index < -0.39 is 35.3 Å². The Balaban J connectivity index is 3.15. The molecule has 2 atom stereocenters. The number of benzene rings is 1. The van der Waals surface area contributed by atoms with E-state index >= 15 is 0 Å². The third-order valence-electron chi connectivity index (χ3n) is 2.47. The highest BCUT2D eigenvalue weighted by Gasteiger charge is 2.36. The van der Waals surface area contributed by atoms with Gasteiger partial charge in [-0.3, -0.25) is 0 Å². The van der Waals surface area contributed by atoms with E-state index in [2.05, 4.69) is 0 Å². The van der Waals surface area contributed by atoms with Crippen LogP contribution in [0.4, 0.5) is 17.6 Å². The van der Waals surface area contributed by atoms with Gasteiger partial charge in [0.1, 0.15) is 11.9 Å². The minimum absolute atomic E-state index is 0.0147. The molecule has 0 aliphatic rings. The van der Waals surface area contributed by atoms with Gasteiger partial charge >= 0.3 is 6.18 Å². The summed E-state index contributed by atoms with van der Waals surface area (Å²) in [7, 11) is 0. The monoisotopic (exact) mass is 267 g/mol. The van der Waals surface area contributed by atoms with Gasteiger partial charge in [-0.25, -0.2) is 4.39 Å². The Morgan fingerprint density at radius 3 is 2.33 bits per heavy atom. The first-order chi connectivity index (χ1) is 8.27. The van der Waals surface area contributed by atoms with Gasteiger partial charge in [-0.15, -0.1) is 0 Å². The van der Waals surface area contributed by atoms with Crippen molar-refractivity contribution in [3.05, 3.63) is 35.1 Å². The lowest BCUT2D eigenvalue weighted by atomic mass is 9.96. The Labute approximate surface area is 101 Å². The summed E-state index contributed by atoms with van der Waals surface area (Å²) in [4.78, 5) is 0. The van der Waals surface area contributed by atoms with Crippen molar-refractivity contribution in [2.24, 2.45) is 5.73 Å². The molecule has 102 valence electrons. The second kappa shape index (κ2) is 5.64. The van der Waals surface area contributed by atoms with Crippen LogP contribution in [0.15, 0.2) is 18.2 Å². The lowest BCUT2D eigenvalue weighted by molar-refractivity contribution is -0.140. The maximum atomic E-state index is 12.8. The molecular weight excluding hydrogens is 254 g/mol. The van der Waals surface area contributed by atoms with Gasteiger partial charge in [-0.1, -0.05) is 6.07 Å². The van der Waals surface area contributed by atoms with Crippen molar-refractivity contribution in [2.45, 2.75) is 24.8 Å². The van der Waals surface area contributed by atoms with Crippen molar-refractivity contribution < 1.29 is 27.8 Å². The summed E-state index contributed by atoms with van der Waals surface area (Å²) < 4.78 is 50.8. The maximum Gasteiger partial charge on any atom is 0.416 e. The van der Waals surface area contributed by atoms with E-state index in [9.17, 15) is 27.8 Å². The average Bonchev–Trinajstić information content (AvgIpc) is 2.27. The molecule has 2 unspecified atom stereocenters. The summed E-state index contributed by atoms with van der Waals surface area (Å²) in [5.74, 6) is -1.06. The Morgan fingerprint density at radius 1 is 1.22 bits per heavy atom. The van der Waals surface area contributed by atoms with E-state index in [0.717, 1.165) is 12.1 Å². The highest BCUT2D eigenvalue weighted by molar-refractivity contribution is 5.32. The van der Waals surface area contributed by atoms with Gasteiger partial charge < -0.3 is 15.9 Å². The second-order valence-electron chi connectivity index (χ2n) is 3.82. The zero-order chi connectivity index (χ0) is 13.9. The normalized spacial score (nSPS) is 15.5. The Bertz CT molecular complexity index is 409. The van der Waals surface area contributed by atoms with Crippen molar-refractivity contribution in [3.8, 4) is 0 Å². The lowest BCUT2D eigenvalue weighted by Crippen LogP contribution is -2.24. The topological polar surface area (TPSA) is 66.5 Å². The van der Waals surface area contributed by atoms with Crippen LogP contribution in [0.25, 0.3) is 0 Å². The molecule has 0 aliphatic carbocycles. The SMILES string of the molecule is NCCC(O)C(O)c1ccc(F)cc1C(F)(F)F. The second-order valence-corrected chi connectivity index (χ2v) is 3.82. The number of alkyl halides is 3. The number of nitrogens with two attached hydrogens (primary N) is 1. The van der Waals surface area contributed by atoms with Crippen LogP contribution < -0.4 is 5.73 Å². The summed E-state index contributed by atoms with van der Waals surface area (Å²) in [5.41, 5.74) is 3.28. The molecular formula is C11H13F4NO2. The first-order valence-corrected chi connectivity index (χ1v) is 5.20. The van der Waals surface area contributed by atoms with Gasteiger partial charge in [0.2, 0.25) is 0 Å². The molecule has 0 spiro atoms. The number of hydrogen-bond acceptors (Lipinski definition) is 3. The molecule has 0 heterocycles. The molecule has 18 heavy (non-hydrogen) atoms. The minimum Gasteiger partial charge on any atom is -0.390 e. The van der Waals surface area contributed by atoms with E-state index in [4.69, 9.17) is 5.73 Å². The van der Waals surface area contributed by atoms with Crippen molar-refractivity contribution in [1.29, 1.82) is 0 Å². The van der Waals surface area contributed by atoms with Gasteiger partial charge in [-0.2, -0.15) is 13.2 Å². The number of rotatable bonds is 4. The van der Waals surface area contributed by atoms with Gasteiger partial charge in [-0.05, 0) is 30.7 Å². The first kappa shape index (κ1) is 14.9. The molecule has 7 heteroatoms. The van der Waals surface area contributed by atoms with Crippen molar-refractivity contribution in [1.82, 2.24) is 0 Å². The third kappa shape index (κ3) is 3.41. The number of aliphatic hydroxyl groups excluding tert-OH is 2. The fourth-order valence-electron chi connectivity index (χ4n) is 1.57. The van der Waals surface area contributed by atoms with Gasteiger partial charge in [0.25, 0.3) is 0 Å². The number of aliphatic hydroxyl groups is 2. The van der Waals surface area contributed by atoms with E-state index in [1.54, 1.807) is 0 Å². The zero-order valence-electron chi connectivity index (χ0n) is 9.28. The molecule has 1 aromatic carbocycles. The standard InChI is InChI=1S/C11H13F4NO2/c12-6-1-2-7(8(5-6)11(13,14)15)10(18)9(17)3-4-16/h1-2,5,9-10,17-18H,3-4,16H2. The summed E-state index contributed by atoms with van der Waals surface area (Å²) in [6, 6.07) is 1.89. The predicted octanol–water partition coefficient (Wildman–Crippen LogP) is 1.59. The molecule has 1 aromatic rings. The fraction of sp³-hybridized carbons (Fsp3) is 0.455. The molecule has 0 aliphatic heterocycles. The molecule has 0 bridgehead atoms. The fourth-order valence-corrected chi connectivity index (χ4v) is 1.57. The molecule has 4 N–H and O–H groups in total. The van der Waals surface area contributed by atoms with Crippen LogP contribution >= 0.6 is 0 Å². The quantitative estimate of drug-likeness (QED) is 0.726. The van der Waals surface area contributed by atoms with E-state index in [-0.39, 0.29) is 19.0 Å². The minimum atomic E-state index is -4.80. The smallest absolute Gasteiger partial charge is 0.390 e. The van der Waals surface area contributed by atoms with E-state index in [1.807, 2.05) is 0 Å².